The maximum Gasteiger partial charge on any atom is 0.408 e. The minimum Gasteiger partial charge on any atom is -0.444 e. The maximum atomic E-state index is 13.7. The Bertz CT molecular complexity index is 859. The Kier molecular flexibility index (Phi) is 10.9. The van der Waals surface area contributed by atoms with Crippen LogP contribution in [0.25, 0.3) is 0 Å². The van der Waals surface area contributed by atoms with Crippen molar-refractivity contribution in [3.8, 4) is 0 Å². The molecule has 34 heavy (non-hydrogen) atoms. The fourth-order valence-corrected chi connectivity index (χ4v) is 3.62. The third-order valence-electron chi connectivity index (χ3n) is 5.11. The number of ether oxygens (including phenoxy) is 1. The number of rotatable bonds is 9. The summed E-state index contributed by atoms with van der Waals surface area (Å²) in [7, 11) is 0. The summed E-state index contributed by atoms with van der Waals surface area (Å²) >= 11 is 4.31. The quantitative estimate of drug-likeness (QED) is 0.435. The van der Waals surface area contributed by atoms with Crippen LogP contribution in [0.5, 0.6) is 0 Å². The Labute approximate surface area is 210 Å². The molecule has 0 aliphatic rings. The molecule has 0 fully saturated rings. The number of benzene rings is 1. The number of hydrogen-bond donors (Lipinski definition) is 3. The molecule has 0 spiro atoms. The number of aryl methyl sites for hydroxylation is 2. The summed E-state index contributed by atoms with van der Waals surface area (Å²) in [6.45, 7) is 17.4. The summed E-state index contributed by atoms with van der Waals surface area (Å²) in [5.74, 6) is -0.571. The molecule has 1 aromatic rings. The van der Waals surface area contributed by atoms with E-state index in [1.807, 2.05) is 59.7 Å². The predicted molar refractivity (Wildman–Crippen MR) is 140 cm³/mol. The first-order chi connectivity index (χ1) is 15.6. The van der Waals surface area contributed by atoms with Gasteiger partial charge in [-0.25, -0.2) is 4.79 Å². The molecule has 0 aromatic heterocycles. The van der Waals surface area contributed by atoms with E-state index in [4.69, 9.17) is 4.74 Å². The zero-order chi connectivity index (χ0) is 26.3. The molecule has 2 atom stereocenters. The van der Waals surface area contributed by atoms with Gasteiger partial charge in [0.05, 0.1) is 0 Å². The fraction of sp³-hybridized carbons (Fsp3) is 0.654. The number of unbranched alkanes of at least 4 members (excludes halogenated alkanes) is 1. The molecule has 0 saturated heterocycles. The number of carbonyl (C=O) groups is 3. The third kappa shape index (κ3) is 9.57. The molecule has 1 aromatic carbocycles. The van der Waals surface area contributed by atoms with Gasteiger partial charge in [-0.2, -0.15) is 12.6 Å². The van der Waals surface area contributed by atoms with Crippen LogP contribution < -0.4 is 10.6 Å². The first-order valence-electron chi connectivity index (χ1n) is 11.9. The second kappa shape index (κ2) is 12.5. The monoisotopic (exact) mass is 493 g/mol. The van der Waals surface area contributed by atoms with Gasteiger partial charge in [-0.05, 0) is 78.5 Å². The topological polar surface area (TPSA) is 87.7 Å². The Morgan fingerprint density at radius 1 is 1.06 bits per heavy atom. The van der Waals surface area contributed by atoms with Gasteiger partial charge in [-0.15, -0.1) is 0 Å². The molecule has 1 rings (SSSR count). The minimum atomic E-state index is -0.938. The van der Waals surface area contributed by atoms with E-state index in [-0.39, 0.29) is 17.6 Å². The zero-order valence-electron chi connectivity index (χ0n) is 22.2. The number of nitrogens with zero attached hydrogens (tertiary/aromatic N) is 1. The van der Waals surface area contributed by atoms with Gasteiger partial charge in [0.2, 0.25) is 11.8 Å². The van der Waals surface area contributed by atoms with Crippen molar-refractivity contribution >= 4 is 30.5 Å². The second-order valence-electron chi connectivity index (χ2n) is 10.8. The summed E-state index contributed by atoms with van der Waals surface area (Å²) in [4.78, 5) is 41.3. The van der Waals surface area contributed by atoms with Gasteiger partial charge in [0, 0.05) is 17.8 Å². The summed E-state index contributed by atoms with van der Waals surface area (Å²) in [5.41, 5.74) is 1.68. The summed E-state index contributed by atoms with van der Waals surface area (Å²) < 4.78 is 5.33. The van der Waals surface area contributed by atoms with E-state index in [2.05, 4.69) is 23.3 Å². The van der Waals surface area contributed by atoms with Crippen LogP contribution in [0.15, 0.2) is 18.2 Å². The van der Waals surface area contributed by atoms with Crippen LogP contribution in [-0.4, -0.2) is 52.3 Å². The lowest BCUT2D eigenvalue weighted by atomic mass is 9.97. The Balaban J connectivity index is 3.45. The number of thiol groups is 1. The summed E-state index contributed by atoms with van der Waals surface area (Å²) in [6, 6.07) is 4.01. The first-order valence-corrected chi connectivity index (χ1v) is 12.5. The van der Waals surface area contributed by atoms with Crippen molar-refractivity contribution in [2.75, 3.05) is 12.3 Å². The van der Waals surface area contributed by atoms with Crippen molar-refractivity contribution < 1.29 is 19.1 Å². The molecule has 3 amide bonds. The van der Waals surface area contributed by atoms with E-state index >= 15 is 0 Å². The lowest BCUT2D eigenvalue weighted by molar-refractivity contribution is -0.142. The van der Waals surface area contributed by atoms with E-state index in [0.29, 0.717) is 13.0 Å². The van der Waals surface area contributed by atoms with Crippen LogP contribution in [0.3, 0.4) is 0 Å². The molecule has 0 bridgehead atoms. The van der Waals surface area contributed by atoms with Gasteiger partial charge >= 0.3 is 6.09 Å². The predicted octanol–water partition coefficient (Wildman–Crippen LogP) is 4.71. The van der Waals surface area contributed by atoms with Gasteiger partial charge < -0.3 is 20.3 Å². The van der Waals surface area contributed by atoms with Crippen molar-refractivity contribution in [1.82, 2.24) is 15.5 Å². The largest absolute Gasteiger partial charge is 0.444 e. The van der Waals surface area contributed by atoms with Crippen molar-refractivity contribution in [1.29, 1.82) is 0 Å². The van der Waals surface area contributed by atoms with E-state index in [0.717, 1.165) is 23.1 Å². The molecule has 0 heterocycles. The zero-order valence-corrected chi connectivity index (χ0v) is 23.1. The third-order valence-corrected chi connectivity index (χ3v) is 5.48. The van der Waals surface area contributed by atoms with Crippen LogP contribution in [0, 0.1) is 13.8 Å². The molecular formula is C26H43N3O4S. The first kappa shape index (κ1) is 29.8. The molecule has 7 nitrogen and oxygen atoms in total. The van der Waals surface area contributed by atoms with Crippen molar-refractivity contribution in [3.63, 3.8) is 0 Å². The maximum absolute atomic E-state index is 13.7. The molecule has 0 aliphatic heterocycles. The molecule has 8 heteroatoms. The normalized spacial score (nSPS) is 13.6. The van der Waals surface area contributed by atoms with Gasteiger partial charge in [0.25, 0.3) is 0 Å². The Morgan fingerprint density at radius 3 is 2.15 bits per heavy atom. The lowest BCUT2D eigenvalue weighted by Gasteiger charge is -2.36. The van der Waals surface area contributed by atoms with Crippen molar-refractivity contribution in [3.05, 3.63) is 34.9 Å². The molecule has 192 valence electrons. The number of amides is 3. The SMILES string of the molecule is CCCCN(C(=O)C(CS)NC(=O)OC(C)(C)C)C(C(=O)NC(C)(C)C)c1ccc(C)c(C)c1. The number of nitrogens with one attached hydrogen (secondary N) is 2. The van der Waals surface area contributed by atoms with Crippen LogP contribution in [0.2, 0.25) is 0 Å². The molecule has 0 saturated carbocycles. The second-order valence-corrected chi connectivity index (χ2v) is 11.1. The summed E-state index contributed by atoms with van der Waals surface area (Å²) in [6.07, 6.45) is 0.856. The highest BCUT2D eigenvalue weighted by atomic mass is 32.1. The number of hydrogen-bond acceptors (Lipinski definition) is 5. The van der Waals surface area contributed by atoms with E-state index < -0.39 is 29.3 Å². The molecule has 2 N–H and O–H groups in total. The highest BCUT2D eigenvalue weighted by molar-refractivity contribution is 7.80. The minimum absolute atomic E-state index is 0.0707. The number of alkyl carbamates (subject to hydrolysis) is 1. The molecule has 2 unspecified atom stereocenters. The molecule has 0 aliphatic carbocycles. The van der Waals surface area contributed by atoms with Crippen LogP contribution in [0.4, 0.5) is 4.79 Å². The van der Waals surface area contributed by atoms with Gasteiger partial charge in [0.1, 0.15) is 17.7 Å². The fourth-order valence-electron chi connectivity index (χ4n) is 3.38. The smallest absolute Gasteiger partial charge is 0.408 e. The van der Waals surface area contributed by atoms with Crippen LogP contribution in [0.1, 0.15) is 84.0 Å². The van der Waals surface area contributed by atoms with Gasteiger partial charge in [-0.3, -0.25) is 9.59 Å². The lowest BCUT2D eigenvalue weighted by Crippen LogP contribution is -2.55. The Morgan fingerprint density at radius 2 is 1.68 bits per heavy atom. The number of carbonyl (C=O) groups excluding carboxylic acids is 3. The summed E-state index contributed by atoms with van der Waals surface area (Å²) in [5, 5.41) is 5.66. The van der Waals surface area contributed by atoms with Crippen molar-refractivity contribution in [2.45, 2.75) is 98.4 Å². The highest BCUT2D eigenvalue weighted by Gasteiger charge is 2.36. The average molecular weight is 494 g/mol. The van der Waals surface area contributed by atoms with Crippen LogP contribution >= 0.6 is 12.6 Å². The van der Waals surface area contributed by atoms with E-state index in [1.165, 1.54) is 0 Å². The van der Waals surface area contributed by atoms with Crippen molar-refractivity contribution in [2.24, 2.45) is 0 Å². The molecular weight excluding hydrogens is 450 g/mol. The Hall–Kier alpha value is -2.22. The average Bonchev–Trinajstić information content (AvgIpc) is 2.68. The van der Waals surface area contributed by atoms with Gasteiger partial charge in [-0.1, -0.05) is 31.5 Å². The van der Waals surface area contributed by atoms with E-state index in [9.17, 15) is 14.4 Å². The standard InChI is InChI=1S/C26H43N3O4S/c1-10-11-14-29(23(31)20(16-34)27-24(32)33-26(7,8)9)21(22(30)28-25(4,5)6)19-13-12-17(2)18(3)15-19/h12-13,15,20-21,34H,10-11,14,16H2,1-9H3,(H,27,32)(H,28,30). The van der Waals surface area contributed by atoms with E-state index in [1.54, 1.807) is 25.7 Å². The van der Waals surface area contributed by atoms with Crippen LogP contribution in [-0.2, 0) is 14.3 Å². The molecule has 0 radical (unpaired) electrons. The highest BCUT2D eigenvalue weighted by Crippen LogP contribution is 2.26. The van der Waals surface area contributed by atoms with Gasteiger partial charge in [0.15, 0.2) is 0 Å².